The molecular weight excluding hydrogens is 318 g/mol. The van der Waals surface area contributed by atoms with Gasteiger partial charge in [0.1, 0.15) is 11.3 Å². The highest BCUT2D eigenvalue weighted by molar-refractivity contribution is 9.10. The fourth-order valence-electron chi connectivity index (χ4n) is 1.96. The maximum atomic E-state index is 5.64. The molecule has 0 unspecified atom stereocenters. The Kier molecular flexibility index (Phi) is 3.56. The molecule has 4 heteroatoms. The third-order valence-electron chi connectivity index (χ3n) is 2.91. The number of oxazole rings is 1. The maximum Gasteiger partial charge on any atom is 0.220 e. The minimum atomic E-state index is 0.577. The van der Waals surface area contributed by atoms with Gasteiger partial charge in [0.05, 0.1) is 7.11 Å². The van der Waals surface area contributed by atoms with Gasteiger partial charge in [-0.15, -0.1) is 0 Å². The van der Waals surface area contributed by atoms with E-state index >= 15 is 0 Å². The van der Waals surface area contributed by atoms with Gasteiger partial charge in [0.25, 0.3) is 0 Å². The lowest BCUT2D eigenvalue weighted by molar-refractivity contribution is 0.414. The van der Waals surface area contributed by atoms with Crippen LogP contribution in [0.5, 0.6) is 5.75 Å². The summed E-state index contributed by atoms with van der Waals surface area (Å²) in [6.07, 6.45) is 3.76. The Balaban J connectivity index is 1.95. The number of ether oxygens (including phenoxy) is 1. The molecule has 3 aromatic rings. The first-order valence-corrected chi connectivity index (χ1v) is 6.93. The highest BCUT2D eigenvalue weighted by Crippen LogP contribution is 2.25. The highest BCUT2D eigenvalue weighted by atomic mass is 79.9. The molecule has 0 N–H and O–H groups in total. The van der Waals surface area contributed by atoms with Crippen LogP contribution in [0.4, 0.5) is 0 Å². The molecule has 0 aliphatic heterocycles. The molecule has 20 heavy (non-hydrogen) atoms. The van der Waals surface area contributed by atoms with Crippen molar-refractivity contribution < 1.29 is 9.15 Å². The number of rotatable bonds is 3. The predicted molar refractivity (Wildman–Crippen MR) is 83.6 cm³/mol. The topological polar surface area (TPSA) is 35.3 Å². The number of methoxy groups -OCH3 is 1. The van der Waals surface area contributed by atoms with Crippen LogP contribution in [0.3, 0.4) is 0 Å². The molecule has 0 bridgehead atoms. The van der Waals surface area contributed by atoms with Crippen LogP contribution in [0, 0.1) is 0 Å². The van der Waals surface area contributed by atoms with Gasteiger partial charge in [0.15, 0.2) is 5.58 Å². The lowest BCUT2D eigenvalue weighted by Gasteiger charge is -2.04. The minimum absolute atomic E-state index is 0.577. The van der Waals surface area contributed by atoms with E-state index in [1.807, 2.05) is 54.6 Å². The van der Waals surface area contributed by atoms with Crippen molar-refractivity contribution in [1.29, 1.82) is 0 Å². The molecule has 2 aromatic carbocycles. The Morgan fingerprint density at radius 3 is 2.80 bits per heavy atom. The van der Waals surface area contributed by atoms with E-state index in [-0.39, 0.29) is 0 Å². The zero-order valence-corrected chi connectivity index (χ0v) is 12.4. The quantitative estimate of drug-likeness (QED) is 0.694. The normalized spacial score (nSPS) is 11.3. The zero-order valence-electron chi connectivity index (χ0n) is 10.8. The summed E-state index contributed by atoms with van der Waals surface area (Å²) in [5.74, 6) is 1.38. The summed E-state index contributed by atoms with van der Waals surface area (Å²) < 4.78 is 12.0. The van der Waals surface area contributed by atoms with E-state index in [1.54, 1.807) is 7.11 Å². The molecular formula is C16H12BrNO2. The summed E-state index contributed by atoms with van der Waals surface area (Å²) in [7, 11) is 1.65. The van der Waals surface area contributed by atoms with Crippen LogP contribution in [0.2, 0.25) is 0 Å². The summed E-state index contributed by atoms with van der Waals surface area (Å²) in [4.78, 5) is 4.40. The summed E-state index contributed by atoms with van der Waals surface area (Å²) in [5, 5.41) is 0. The first-order chi connectivity index (χ1) is 9.76. The fraction of sp³-hybridized carbons (Fsp3) is 0.0625. The minimum Gasteiger partial charge on any atom is -0.496 e. The number of hydrogen-bond donors (Lipinski definition) is 0. The van der Waals surface area contributed by atoms with Crippen LogP contribution >= 0.6 is 15.9 Å². The van der Waals surface area contributed by atoms with Crippen molar-refractivity contribution >= 4 is 39.2 Å². The van der Waals surface area contributed by atoms with E-state index in [9.17, 15) is 0 Å². The van der Waals surface area contributed by atoms with Crippen molar-refractivity contribution in [3.8, 4) is 5.75 Å². The summed E-state index contributed by atoms with van der Waals surface area (Å²) in [6, 6.07) is 13.5. The number of halogens is 1. The SMILES string of the molecule is COc1ccc(Br)cc1/C=C/c1nc2ccccc2o1. The van der Waals surface area contributed by atoms with Crippen molar-refractivity contribution in [1.82, 2.24) is 4.98 Å². The summed E-state index contributed by atoms with van der Waals surface area (Å²) in [6.45, 7) is 0. The second kappa shape index (κ2) is 5.51. The van der Waals surface area contributed by atoms with Gasteiger partial charge in [0.2, 0.25) is 5.89 Å². The van der Waals surface area contributed by atoms with Gasteiger partial charge in [0, 0.05) is 16.1 Å². The number of fused-ring (bicyclic) bond motifs is 1. The van der Waals surface area contributed by atoms with Crippen LogP contribution in [0.15, 0.2) is 51.4 Å². The van der Waals surface area contributed by atoms with Gasteiger partial charge in [-0.3, -0.25) is 0 Å². The Labute approximate surface area is 125 Å². The molecule has 0 aliphatic rings. The molecule has 0 spiro atoms. The van der Waals surface area contributed by atoms with Gasteiger partial charge in [-0.1, -0.05) is 28.1 Å². The van der Waals surface area contributed by atoms with Crippen molar-refractivity contribution in [3.05, 3.63) is 58.4 Å². The Morgan fingerprint density at radius 2 is 2.00 bits per heavy atom. The molecule has 0 amide bonds. The smallest absolute Gasteiger partial charge is 0.220 e. The van der Waals surface area contributed by atoms with Gasteiger partial charge < -0.3 is 9.15 Å². The molecule has 1 aromatic heterocycles. The van der Waals surface area contributed by atoms with Crippen molar-refractivity contribution in [2.24, 2.45) is 0 Å². The number of hydrogen-bond acceptors (Lipinski definition) is 3. The van der Waals surface area contributed by atoms with Gasteiger partial charge >= 0.3 is 0 Å². The third kappa shape index (κ3) is 2.60. The molecule has 0 atom stereocenters. The van der Waals surface area contributed by atoms with Gasteiger partial charge in [-0.25, -0.2) is 4.98 Å². The Hall–Kier alpha value is -2.07. The average molecular weight is 330 g/mol. The molecule has 0 fully saturated rings. The standard InChI is InChI=1S/C16H12BrNO2/c1-19-14-8-7-12(17)10-11(14)6-9-16-18-13-4-2-3-5-15(13)20-16/h2-10H,1H3/b9-6+. The monoisotopic (exact) mass is 329 g/mol. The maximum absolute atomic E-state index is 5.64. The average Bonchev–Trinajstić information content (AvgIpc) is 2.88. The zero-order chi connectivity index (χ0) is 13.9. The third-order valence-corrected chi connectivity index (χ3v) is 3.40. The molecule has 0 saturated carbocycles. The molecule has 3 rings (SSSR count). The van der Waals surface area contributed by atoms with E-state index in [0.717, 1.165) is 26.9 Å². The molecule has 0 radical (unpaired) electrons. The van der Waals surface area contributed by atoms with E-state index in [0.29, 0.717) is 5.89 Å². The van der Waals surface area contributed by atoms with Crippen LogP contribution in [-0.2, 0) is 0 Å². The summed E-state index contributed by atoms with van der Waals surface area (Å²) in [5.41, 5.74) is 2.60. The van der Waals surface area contributed by atoms with E-state index < -0.39 is 0 Å². The number of aromatic nitrogens is 1. The van der Waals surface area contributed by atoms with Crippen LogP contribution in [-0.4, -0.2) is 12.1 Å². The second-order valence-electron chi connectivity index (χ2n) is 4.24. The van der Waals surface area contributed by atoms with E-state index in [1.165, 1.54) is 0 Å². The highest BCUT2D eigenvalue weighted by Gasteiger charge is 2.03. The lowest BCUT2D eigenvalue weighted by Crippen LogP contribution is -1.86. The fourth-order valence-corrected chi connectivity index (χ4v) is 2.34. The van der Waals surface area contributed by atoms with Gasteiger partial charge in [-0.2, -0.15) is 0 Å². The number of benzene rings is 2. The van der Waals surface area contributed by atoms with E-state index in [2.05, 4.69) is 20.9 Å². The van der Waals surface area contributed by atoms with Crippen LogP contribution in [0.25, 0.3) is 23.3 Å². The van der Waals surface area contributed by atoms with Crippen molar-refractivity contribution in [2.75, 3.05) is 7.11 Å². The molecule has 0 aliphatic carbocycles. The van der Waals surface area contributed by atoms with Crippen LogP contribution < -0.4 is 4.74 Å². The first-order valence-electron chi connectivity index (χ1n) is 6.13. The molecule has 100 valence electrons. The summed E-state index contributed by atoms with van der Waals surface area (Å²) >= 11 is 3.45. The molecule has 1 heterocycles. The Bertz CT molecular complexity index is 744. The number of para-hydroxylation sites is 2. The van der Waals surface area contributed by atoms with Crippen molar-refractivity contribution in [3.63, 3.8) is 0 Å². The second-order valence-corrected chi connectivity index (χ2v) is 5.16. The number of nitrogens with zero attached hydrogens (tertiary/aromatic N) is 1. The largest absolute Gasteiger partial charge is 0.496 e. The first kappa shape index (κ1) is 12.9. The molecule has 3 nitrogen and oxygen atoms in total. The van der Waals surface area contributed by atoms with Crippen LogP contribution in [0.1, 0.15) is 11.5 Å². The predicted octanol–water partition coefficient (Wildman–Crippen LogP) is 4.77. The van der Waals surface area contributed by atoms with E-state index in [4.69, 9.17) is 9.15 Å². The van der Waals surface area contributed by atoms with Crippen molar-refractivity contribution in [2.45, 2.75) is 0 Å². The Morgan fingerprint density at radius 1 is 1.15 bits per heavy atom. The van der Waals surface area contributed by atoms with Gasteiger partial charge in [-0.05, 0) is 36.4 Å². The molecule has 0 saturated heterocycles. The lowest BCUT2D eigenvalue weighted by atomic mass is 10.2.